The third-order valence-corrected chi connectivity index (χ3v) is 4.05. The molecule has 0 amide bonds. The van der Waals surface area contributed by atoms with Gasteiger partial charge in [-0.05, 0) is 6.07 Å². The Bertz CT molecular complexity index is 916. The number of pyridine rings is 1. The van der Waals surface area contributed by atoms with E-state index < -0.39 is 11.6 Å². The van der Waals surface area contributed by atoms with Crippen LogP contribution in [-0.2, 0) is 6.61 Å². The second-order valence-electron chi connectivity index (χ2n) is 5.20. The van der Waals surface area contributed by atoms with E-state index in [1.165, 1.54) is 12.1 Å². The maximum Gasteiger partial charge on any atom is 0.147 e. The summed E-state index contributed by atoms with van der Waals surface area (Å²) in [6.07, 6.45) is 1.58. The number of rotatable bonds is 5. The Hall–Kier alpha value is -2.08. The Labute approximate surface area is 163 Å². The predicted octanol–water partition coefficient (Wildman–Crippen LogP) is 6.69. The molecule has 8 heteroatoms. The van der Waals surface area contributed by atoms with Gasteiger partial charge in [0.2, 0.25) is 0 Å². The molecule has 3 nitrogen and oxygen atoms in total. The first-order chi connectivity index (χ1) is 12.4. The zero-order valence-electron chi connectivity index (χ0n) is 13.0. The first-order valence-corrected chi connectivity index (χ1v) is 8.40. The van der Waals surface area contributed by atoms with Crippen LogP contribution >= 0.6 is 34.8 Å². The molecule has 0 saturated carbocycles. The Balaban J connectivity index is 1.76. The van der Waals surface area contributed by atoms with E-state index in [0.717, 1.165) is 23.8 Å². The fourth-order valence-electron chi connectivity index (χ4n) is 2.07. The van der Waals surface area contributed by atoms with Gasteiger partial charge in [0, 0.05) is 42.1 Å². The van der Waals surface area contributed by atoms with E-state index in [1.807, 2.05) is 0 Å². The topological polar surface area (TPSA) is 31.4 Å². The second kappa shape index (κ2) is 8.08. The lowest BCUT2D eigenvalue weighted by Gasteiger charge is -2.12. The summed E-state index contributed by atoms with van der Waals surface area (Å²) in [6, 6.07) is 9.08. The van der Waals surface area contributed by atoms with Gasteiger partial charge in [0.15, 0.2) is 0 Å². The molecule has 0 aliphatic carbocycles. The number of hydrogen-bond donors (Lipinski definition) is 0. The summed E-state index contributed by atoms with van der Waals surface area (Å²) >= 11 is 18.1. The minimum absolute atomic E-state index is 0.0404. The summed E-state index contributed by atoms with van der Waals surface area (Å²) in [5.41, 5.74) is 0.789. The number of halogens is 5. The third-order valence-electron chi connectivity index (χ3n) is 3.23. The molecule has 0 unspecified atom stereocenters. The maximum absolute atomic E-state index is 13.2. The summed E-state index contributed by atoms with van der Waals surface area (Å²) in [4.78, 5) is 3.95. The molecule has 3 rings (SSSR count). The molecule has 0 N–H and O–H groups in total. The normalized spacial score (nSPS) is 10.7. The van der Waals surface area contributed by atoms with Crippen LogP contribution in [0.25, 0.3) is 0 Å². The number of aromatic nitrogens is 1. The van der Waals surface area contributed by atoms with Crippen molar-refractivity contribution in [2.24, 2.45) is 0 Å². The highest BCUT2D eigenvalue weighted by molar-refractivity contribution is 6.35. The number of benzene rings is 2. The first kappa shape index (κ1) is 18.7. The van der Waals surface area contributed by atoms with E-state index in [2.05, 4.69) is 4.98 Å². The fourth-order valence-corrected chi connectivity index (χ4v) is 2.58. The molecular formula is C18H10Cl3F2NO2. The summed E-state index contributed by atoms with van der Waals surface area (Å²) in [5.74, 6) is -1.11. The SMILES string of the molecule is Fc1cc(F)cc(Oc2cc(Cl)c(OCc3ccc(Cl)nc3)cc2Cl)c1. The average molecular weight is 417 g/mol. The summed E-state index contributed by atoms with van der Waals surface area (Å²) in [5, 5.41) is 0.775. The van der Waals surface area contributed by atoms with Gasteiger partial charge in [0.05, 0.1) is 10.0 Å². The van der Waals surface area contributed by atoms with Crippen LogP contribution in [0.5, 0.6) is 17.2 Å². The highest BCUT2D eigenvalue weighted by Crippen LogP contribution is 2.38. The smallest absolute Gasteiger partial charge is 0.147 e. The number of hydrogen-bond acceptors (Lipinski definition) is 3. The monoisotopic (exact) mass is 415 g/mol. The van der Waals surface area contributed by atoms with E-state index in [-0.39, 0.29) is 28.2 Å². The van der Waals surface area contributed by atoms with Gasteiger partial charge in [-0.15, -0.1) is 0 Å². The molecule has 2 aromatic carbocycles. The van der Waals surface area contributed by atoms with Gasteiger partial charge in [-0.25, -0.2) is 13.8 Å². The van der Waals surface area contributed by atoms with Gasteiger partial charge < -0.3 is 9.47 Å². The number of ether oxygens (including phenoxy) is 2. The molecule has 3 aromatic rings. The molecule has 1 heterocycles. The molecule has 0 radical (unpaired) electrons. The largest absolute Gasteiger partial charge is 0.487 e. The van der Waals surface area contributed by atoms with Crippen molar-refractivity contribution < 1.29 is 18.3 Å². The van der Waals surface area contributed by atoms with E-state index in [0.29, 0.717) is 10.9 Å². The van der Waals surface area contributed by atoms with Crippen LogP contribution in [0.2, 0.25) is 15.2 Å². The fraction of sp³-hybridized carbons (Fsp3) is 0.0556. The molecule has 0 spiro atoms. The highest BCUT2D eigenvalue weighted by atomic mass is 35.5. The second-order valence-corrected chi connectivity index (χ2v) is 6.40. The van der Waals surface area contributed by atoms with Gasteiger partial charge in [0.25, 0.3) is 0 Å². The molecule has 0 aliphatic rings. The van der Waals surface area contributed by atoms with E-state index in [4.69, 9.17) is 44.3 Å². The Morgan fingerprint density at radius 1 is 0.846 bits per heavy atom. The van der Waals surface area contributed by atoms with E-state index in [9.17, 15) is 8.78 Å². The molecule has 0 saturated heterocycles. The van der Waals surface area contributed by atoms with Crippen LogP contribution in [-0.4, -0.2) is 4.98 Å². The highest BCUT2D eigenvalue weighted by Gasteiger charge is 2.12. The van der Waals surface area contributed by atoms with E-state index in [1.54, 1.807) is 18.3 Å². The van der Waals surface area contributed by atoms with Crippen LogP contribution in [0.3, 0.4) is 0 Å². The zero-order valence-corrected chi connectivity index (χ0v) is 15.2. The molecule has 0 aliphatic heterocycles. The predicted molar refractivity (Wildman–Crippen MR) is 96.5 cm³/mol. The van der Waals surface area contributed by atoms with Gasteiger partial charge in [-0.2, -0.15) is 0 Å². The molecule has 26 heavy (non-hydrogen) atoms. The lowest BCUT2D eigenvalue weighted by atomic mass is 10.3. The van der Waals surface area contributed by atoms with Gasteiger partial charge in [0.1, 0.15) is 40.6 Å². The van der Waals surface area contributed by atoms with Crippen molar-refractivity contribution in [2.45, 2.75) is 6.61 Å². The van der Waals surface area contributed by atoms with E-state index >= 15 is 0 Å². The molecule has 0 fully saturated rings. The van der Waals surface area contributed by atoms with Crippen LogP contribution in [0.15, 0.2) is 48.7 Å². The third kappa shape index (κ3) is 4.75. The molecule has 0 bridgehead atoms. The van der Waals surface area contributed by atoms with Crippen molar-refractivity contribution in [2.75, 3.05) is 0 Å². The summed E-state index contributed by atoms with van der Waals surface area (Å²) < 4.78 is 37.5. The summed E-state index contributed by atoms with van der Waals surface area (Å²) in [7, 11) is 0. The van der Waals surface area contributed by atoms with Crippen LogP contribution in [0.4, 0.5) is 8.78 Å². The quantitative estimate of drug-likeness (QED) is 0.434. The van der Waals surface area contributed by atoms with Crippen molar-refractivity contribution in [3.63, 3.8) is 0 Å². The molecule has 134 valence electrons. The van der Waals surface area contributed by atoms with Crippen LogP contribution < -0.4 is 9.47 Å². The van der Waals surface area contributed by atoms with Crippen LogP contribution in [0.1, 0.15) is 5.56 Å². The Kier molecular flexibility index (Phi) is 5.81. The van der Waals surface area contributed by atoms with Crippen molar-refractivity contribution in [1.82, 2.24) is 4.98 Å². The van der Waals surface area contributed by atoms with Crippen molar-refractivity contribution in [3.05, 3.63) is 81.1 Å². The minimum atomic E-state index is -0.765. The first-order valence-electron chi connectivity index (χ1n) is 7.27. The van der Waals surface area contributed by atoms with Crippen molar-refractivity contribution >= 4 is 34.8 Å². The van der Waals surface area contributed by atoms with Crippen molar-refractivity contribution in [3.8, 4) is 17.2 Å². The van der Waals surface area contributed by atoms with Crippen LogP contribution in [0, 0.1) is 11.6 Å². The molecule has 0 atom stereocenters. The standard InChI is InChI=1S/C18H10Cl3F2NO2/c19-14-7-17(26-13-4-11(22)3-12(23)5-13)15(20)6-16(14)25-9-10-1-2-18(21)24-8-10/h1-8H,9H2. The van der Waals surface area contributed by atoms with Gasteiger partial charge in [-0.1, -0.05) is 40.9 Å². The Morgan fingerprint density at radius 2 is 1.50 bits per heavy atom. The zero-order chi connectivity index (χ0) is 18.7. The molecule has 1 aromatic heterocycles. The lowest BCUT2D eigenvalue weighted by Crippen LogP contribution is -1.97. The minimum Gasteiger partial charge on any atom is -0.487 e. The van der Waals surface area contributed by atoms with Gasteiger partial charge in [-0.3, -0.25) is 0 Å². The lowest BCUT2D eigenvalue weighted by molar-refractivity contribution is 0.305. The molecular weight excluding hydrogens is 407 g/mol. The summed E-state index contributed by atoms with van der Waals surface area (Å²) in [6.45, 7) is 0.204. The Morgan fingerprint density at radius 3 is 2.15 bits per heavy atom. The number of nitrogens with zero attached hydrogens (tertiary/aromatic N) is 1. The average Bonchev–Trinajstić information content (AvgIpc) is 2.57. The maximum atomic E-state index is 13.2. The van der Waals surface area contributed by atoms with Gasteiger partial charge >= 0.3 is 0 Å². The van der Waals surface area contributed by atoms with Crippen molar-refractivity contribution in [1.29, 1.82) is 0 Å².